The zero-order valence-corrected chi connectivity index (χ0v) is 15.3. The first-order valence-corrected chi connectivity index (χ1v) is 9.06. The molecule has 1 atom stereocenters. The van der Waals surface area contributed by atoms with Crippen molar-refractivity contribution in [2.75, 3.05) is 13.6 Å². The lowest BCUT2D eigenvalue weighted by Crippen LogP contribution is -2.62. The molecule has 3 aliphatic rings. The highest BCUT2D eigenvalue weighted by Gasteiger charge is 2.50. The quantitative estimate of drug-likeness (QED) is 0.906. The van der Waals surface area contributed by atoms with Gasteiger partial charge in [0.1, 0.15) is 5.60 Å². The fourth-order valence-corrected chi connectivity index (χ4v) is 4.42. The van der Waals surface area contributed by atoms with Crippen molar-refractivity contribution in [2.45, 2.75) is 63.6 Å². The number of benzene rings is 1. The molecule has 2 bridgehead atoms. The van der Waals surface area contributed by atoms with Crippen molar-refractivity contribution in [1.82, 2.24) is 10.2 Å². The van der Waals surface area contributed by atoms with Crippen LogP contribution in [0.5, 0.6) is 0 Å². The Balaban J connectivity index is 1.89. The van der Waals surface area contributed by atoms with Crippen molar-refractivity contribution in [3.63, 3.8) is 0 Å². The lowest BCUT2D eigenvalue weighted by molar-refractivity contribution is -0.0442. The monoisotopic (exact) mass is 330 g/mol. The van der Waals surface area contributed by atoms with E-state index in [1.54, 1.807) is 0 Å². The van der Waals surface area contributed by atoms with E-state index in [0.717, 1.165) is 30.9 Å². The Morgan fingerprint density at radius 1 is 1.25 bits per heavy atom. The molecule has 4 nitrogen and oxygen atoms in total. The number of carbonyl (C=O) groups excluding carboxylic acids is 1. The second-order valence-electron chi connectivity index (χ2n) is 8.42. The summed E-state index contributed by atoms with van der Waals surface area (Å²) in [6.45, 7) is 6.83. The minimum atomic E-state index is -0.487. The number of hydrogen-bond donors (Lipinski definition) is 1. The standard InChI is InChI=1S/C20H30N2O2/c1-19(2,3)24-18(23)21-17(16-8-6-5-7-9-16)20-12-10-15(11-13-20)14-22(20)4/h5-9,15,17H,10-14H2,1-4H3,(H,21,23)/t15?,17-,20?/m1/s1. The van der Waals surface area contributed by atoms with Gasteiger partial charge in [0, 0.05) is 12.1 Å². The van der Waals surface area contributed by atoms with E-state index in [2.05, 4.69) is 29.4 Å². The molecule has 1 aromatic rings. The highest BCUT2D eigenvalue weighted by Crippen LogP contribution is 2.48. The molecule has 1 amide bonds. The Hall–Kier alpha value is -1.55. The first-order valence-electron chi connectivity index (χ1n) is 9.06. The zero-order chi connectivity index (χ0) is 17.4. The summed E-state index contributed by atoms with van der Waals surface area (Å²) in [5.74, 6) is 0.815. The Kier molecular flexibility index (Phi) is 4.60. The number of piperidine rings is 2. The van der Waals surface area contributed by atoms with E-state index in [-0.39, 0.29) is 17.7 Å². The molecule has 0 spiro atoms. The fourth-order valence-electron chi connectivity index (χ4n) is 4.42. The van der Waals surface area contributed by atoms with Crippen molar-refractivity contribution in [3.8, 4) is 0 Å². The summed E-state index contributed by atoms with van der Waals surface area (Å²) in [7, 11) is 2.21. The van der Waals surface area contributed by atoms with Crippen LogP contribution in [0.2, 0.25) is 0 Å². The highest BCUT2D eigenvalue weighted by atomic mass is 16.6. The maximum atomic E-state index is 12.5. The van der Waals surface area contributed by atoms with E-state index in [1.807, 2.05) is 39.0 Å². The number of fused-ring (bicyclic) bond motifs is 3. The summed E-state index contributed by atoms with van der Waals surface area (Å²) in [4.78, 5) is 15.0. The highest BCUT2D eigenvalue weighted by molar-refractivity contribution is 5.68. The number of rotatable bonds is 3. The van der Waals surface area contributed by atoms with Gasteiger partial charge in [-0.1, -0.05) is 30.3 Å². The number of amides is 1. The third-order valence-electron chi connectivity index (χ3n) is 5.59. The lowest BCUT2D eigenvalue weighted by Gasteiger charge is -2.57. The van der Waals surface area contributed by atoms with Gasteiger partial charge in [0.05, 0.1) is 6.04 Å². The molecule has 2 aliphatic heterocycles. The third-order valence-corrected chi connectivity index (χ3v) is 5.59. The van der Waals surface area contributed by atoms with Gasteiger partial charge >= 0.3 is 6.09 Å². The average Bonchev–Trinajstić information content (AvgIpc) is 2.53. The topological polar surface area (TPSA) is 41.6 Å². The van der Waals surface area contributed by atoms with Crippen molar-refractivity contribution in [1.29, 1.82) is 0 Å². The van der Waals surface area contributed by atoms with Crippen LogP contribution in [0.15, 0.2) is 30.3 Å². The Morgan fingerprint density at radius 2 is 1.88 bits per heavy atom. The Bertz CT molecular complexity index is 571. The van der Waals surface area contributed by atoms with E-state index in [4.69, 9.17) is 4.74 Å². The molecule has 0 aromatic heterocycles. The maximum Gasteiger partial charge on any atom is 0.408 e. The molecule has 1 aromatic carbocycles. The van der Waals surface area contributed by atoms with Gasteiger partial charge in [0.15, 0.2) is 0 Å². The summed E-state index contributed by atoms with van der Waals surface area (Å²) < 4.78 is 5.55. The number of nitrogens with zero attached hydrogens (tertiary/aromatic N) is 1. The first kappa shape index (κ1) is 17.3. The van der Waals surface area contributed by atoms with Gasteiger partial charge in [-0.2, -0.15) is 0 Å². The number of carbonyl (C=O) groups is 1. The van der Waals surface area contributed by atoms with E-state index in [9.17, 15) is 4.79 Å². The van der Waals surface area contributed by atoms with Crippen LogP contribution in [0.25, 0.3) is 0 Å². The summed E-state index contributed by atoms with van der Waals surface area (Å²) in [6.07, 6.45) is 4.44. The van der Waals surface area contributed by atoms with Crippen LogP contribution >= 0.6 is 0 Å². The van der Waals surface area contributed by atoms with Crippen LogP contribution < -0.4 is 5.32 Å². The van der Waals surface area contributed by atoms with Crippen LogP contribution in [0, 0.1) is 5.92 Å². The molecular weight excluding hydrogens is 300 g/mol. The van der Waals surface area contributed by atoms with Crippen LogP contribution in [-0.2, 0) is 4.74 Å². The molecule has 1 saturated carbocycles. The van der Waals surface area contributed by atoms with E-state index >= 15 is 0 Å². The maximum absolute atomic E-state index is 12.5. The van der Waals surface area contributed by atoms with E-state index in [0.29, 0.717) is 0 Å². The van der Waals surface area contributed by atoms with Gasteiger partial charge < -0.3 is 10.1 Å². The Morgan fingerprint density at radius 3 is 2.42 bits per heavy atom. The van der Waals surface area contributed by atoms with Gasteiger partial charge in [-0.25, -0.2) is 4.79 Å². The summed E-state index contributed by atoms with van der Waals surface area (Å²) in [6, 6.07) is 10.3. The van der Waals surface area contributed by atoms with Crippen LogP contribution in [0.3, 0.4) is 0 Å². The predicted molar refractivity (Wildman–Crippen MR) is 95.9 cm³/mol. The molecule has 1 aliphatic carbocycles. The average molecular weight is 330 g/mol. The molecule has 0 unspecified atom stereocenters. The molecule has 2 heterocycles. The van der Waals surface area contributed by atoms with Gasteiger partial charge in [0.25, 0.3) is 0 Å². The number of hydrogen-bond acceptors (Lipinski definition) is 3. The molecule has 1 N–H and O–H groups in total. The lowest BCUT2D eigenvalue weighted by atomic mass is 9.66. The molecular formula is C20H30N2O2. The summed E-state index contributed by atoms with van der Waals surface area (Å²) >= 11 is 0. The SMILES string of the molecule is CN1CC2CCC1([C@H](NC(=O)OC(C)(C)C)c1ccccc1)CC2. The van der Waals surface area contributed by atoms with Crippen molar-refractivity contribution >= 4 is 6.09 Å². The molecule has 4 rings (SSSR count). The summed E-state index contributed by atoms with van der Waals surface area (Å²) in [5, 5.41) is 3.20. The Labute approximate surface area is 145 Å². The van der Waals surface area contributed by atoms with Gasteiger partial charge in [-0.15, -0.1) is 0 Å². The van der Waals surface area contributed by atoms with Crippen LogP contribution in [0.1, 0.15) is 58.1 Å². The van der Waals surface area contributed by atoms with Gasteiger partial charge in [0.2, 0.25) is 0 Å². The van der Waals surface area contributed by atoms with Crippen LogP contribution in [0.4, 0.5) is 4.79 Å². The number of likely N-dealkylation sites (N-methyl/N-ethyl adjacent to an activating group) is 1. The van der Waals surface area contributed by atoms with Crippen molar-refractivity contribution in [2.24, 2.45) is 5.92 Å². The minimum absolute atomic E-state index is 0.00694. The van der Waals surface area contributed by atoms with Crippen LogP contribution in [-0.4, -0.2) is 35.7 Å². The van der Waals surface area contributed by atoms with E-state index in [1.165, 1.54) is 12.8 Å². The van der Waals surface area contributed by atoms with E-state index < -0.39 is 5.60 Å². The molecule has 0 radical (unpaired) electrons. The second-order valence-corrected chi connectivity index (χ2v) is 8.42. The van der Waals surface area contributed by atoms with Crippen molar-refractivity contribution in [3.05, 3.63) is 35.9 Å². The fraction of sp³-hybridized carbons (Fsp3) is 0.650. The number of ether oxygens (including phenoxy) is 1. The second kappa shape index (κ2) is 6.40. The first-order chi connectivity index (χ1) is 11.3. The third kappa shape index (κ3) is 3.44. The van der Waals surface area contributed by atoms with Gasteiger partial charge in [-0.3, -0.25) is 4.90 Å². The molecule has 24 heavy (non-hydrogen) atoms. The number of nitrogens with one attached hydrogen (secondary N) is 1. The number of alkyl carbamates (subject to hydrolysis) is 1. The van der Waals surface area contributed by atoms with Gasteiger partial charge in [-0.05, 0) is 65.0 Å². The smallest absolute Gasteiger partial charge is 0.408 e. The molecule has 4 heteroatoms. The molecule has 132 valence electrons. The zero-order valence-electron chi connectivity index (χ0n) is 15.3. The minimum Gasteiger partial charge on any atom is -0.444 e. The van der Waals surface area contributed by atoms with Crippen molar-refractivity contribution < 1.29 is 9.53 Å². The summed E-state index contributed by atoms with van der Waals surface area (Å²) in [5.41, 5.74) is 0.669. The molecule has 2 saturated heterocycles. The molecule has 3 fully saturated rings. The normalized spacial score (nSPS) is 28.4. The largest absolute Gasteiger partial charge is 0.444 e. The predicted octanol–water partition coefficient (Wildman–Crippen LogP) is 4.13.